The molecule has 18 heavy (non-hydrogen) atoms. The van der Waals surface area contributed by atoms with Crippen LogP contribution in [0.15, 0.2) is 30.3 Å². The van der Waals surface area contributed by atoms with Crippen molar-refractivity contribution < 1.29 is 19.8 Å². The Morgan fingerprint density at radius 2 is 1.78 bits per heavy atom. The highest BCUT2D eigenvalue weighted by Gasteiger charge is 2.22. The molecule has 1 aromatic carbocycles. The summed E-state index contributed by atoms with van der Waals surface area (Å²) < 4.78 is 0. The third-order valence-corrected chi connectivity index (χ3v) is 2.68. The summed E-state index contributed by atoms with van der Waals surface area (Å²) in [5.74, 6) is -2.08. The van der Waals surface area contributed by atoms with Crippen molar-refractivity contribution in [2.45, 2.75) is 31.8 Å². The first-order valence-electron chi connectivity index (χ1n) is 5.76. The van der Waals surface area contributed by atoms with Crippen molar-refractivity contribution in [3.8, 4) is 0 Å². The van der Waals surface area contributed by atoms with E-state index < -0.39 is 24.0 Å². The molecule has 1 aromatic rings. The van der Waals surface area contributed by atoms with Crippen LogP contribution in [-0.2, 0) is 16.0 Å². The smallest absolute Gasteiger partial charge is 0.320 e. The Morgan fingerprint density at radius 1 is 1.17 bits per heavy atom. The summed E-state index contributed by atoms with van der Waals surface area (Å²) in [4.78, 5) is 21.7. The fraction of sp³-hybridized carbons (Fsp3) is 0.385. The maximum Gasteiger partial charge on any atom is 0.320 e. The fourth-order valence-corrected chi connectivity index (χ4v) is 1.61. The summed E-state index contributed by atoms with van der Waals surface area (Å²) in [6.45, 7) is 1.43. The van der Waals surface area contributed by atoms with Crippen LogP contribution in [-0.4, -0.2) is 34.2 Å². The van der Waals surface area contributed by atoms with Gasteiger partial charge in [-0.1, -0.05) is 30.3 Å². The predicted molar refractivity (Wildman–Crippen MR) is 66.4 cm³/mol. The van der Waals surface area contributed by atoms with Crippen molar-refractivity contribution >= 4 is 11.9 Å². The highest BCUT2D eigenvalue weighted by Crippen LogP contribution is 2.06. The summed E-state index contributed by atoms with van der Waals surface area (Å²) in [7, 11) is 0. The maximum absolute atomic E-state index is 11.0. The van der Waals surface area contributed by atoms with Crippen LogP contribution in [0.1, 0.15) is 18.9 Å². The molecular formula is C13H17NO4. The first kappa shape index (κ1) is 14.2. The van der Waals surface area contributed by atoms with E-state index in [1.165, 1.54) is 6.92 Å². The molecule has 0 saturated heterocycles. The normalized spacial score (nSPS) is 13.8. The number of hydrogen-bond donors (Lipinski definition) is 3. The van der Waals surface area contributed by atoms with E-state index in [9.17, 15) is 9.59 Å². The van der Waals surface area contributed by atoms with Crippen LogP contribution in [0.2, 0.25) is 0 Å². The van der Waals surface area contributed by atoms with Gasteiger partial charge in [-0.15, -0.1) is 0 Å². The van der Waals surface area contributed by atoms with Crippen molar-refractivity contribution in [1.82, 2.24) is 5.32 Å². The topological polar surface area (TPSA) is 86.6 Å². The molecule has 5 heteroatoms. The van der Waals surface area contributed by atoms with Gasteiger partial charge in [0.1, 0.15) is 12.1 Å². The second-order valence-corrected chi connectivity index (χ2v) is 4.14. The molecule has 0 bridgehead atoms. The van der Waals surface area contributed by atoms with E-state index in [1.807, 2.05) is 30.3 Å². The van der Waals surface area contributed by atoms with E-state index in [4.69, 9.17) is 10.2 Å². The van der Waals surface area contributed by atoms with Crippen LogP contribution >= 0.6 is 0 Å². The number of benzene rings is 1. The van der Waals surface area contributed by atoms with Gasteiger partial charge in [0.05, 0.1) is 0 Å². The third kappa shape index (κ3) is 4.55. The lowest BCUT2D eigenvalue weighted by molar-refractivity contribution is -0.142. The van der Waals surface area contributed by atoms with Gasteiger partial charge >= 0.3 is 11.9 Å². The molecule has 0 spiro atoms. The van der Waals surface area contributed by atoms with Crippen LogP contribution in [0.3, 0.4) is 0 Å². The quantitative estimate of drug-likeness (QED) is 0.676. The zero-order valence-electron chi connectivity index (χ0n) is 10.2. The molecule has 0 aliphatic rings. The van der Waals surface area contributed by atoms with E-state index in [0.29, 0.717) is 12.8 Å². The Bertz CT molecular complexity index is 405. The van der Waals surface area contributed by atoms with Gasteiger partial charge in [0.15, 0.2) is 0 Å². The number of carboxylic acid groups (broad SMARTS) is 2. The first-order chi connectivity index (χ1) is 8.50. The monoisotopic (exact) mass is 251 g/mol. The molecule has 98 valence electrons. The molecule has 3 N–H and O–H groups in total. The second-order valence-electron chi connectivity index (χ2n) is 4.14. The number of nitrogens with one attached hydrogen (secondary N) is 1. The van der Waals surface area contributed by atoms with Crippen molar-refractivity contribution in [2.24, 2.45) is 0 Å². The van der Waals surface area contributed by atoms with Gasteiger partial charge in [-0.05, 0) is 25.3 Å². The lowest BCUT2D eigenvalue weighted by atomic mass is 10.0. The zero-order chi connectivity index (χ0) is 13.5. The lowest BCUT2D eigenvalue weighted by Gasteiger charge is -2.17. The van der Waals surface area contributed by atoms with Crippen LogP contribution in [0.25, 0.3) is 0 Å². The lowest BCUT2D eigenvalue weighted by Crippen LogP contribution is -2.45. The average Bonchev–Trinajstić information content (AvgIpc) is 2.34. The molecule has 0 amide bonds. The van der Waals surface area contributed by atoms with Crippen LogP contribution in [0, 0.1) is 0 Å². The summed E-state index contributed by atoms with van der Waals surface area (Å²) in [5.41, 5.74) is 1.04. The SMILES string of the molecule is C[C@H](NC(CCc1ccccc1)C(=O)O)C(=O)O. The third-order valence-electron chi connectivity index (χ3n) is 2.68. The molecule has 2 atom stereocenters. The van der Waals surface area contributed by atoms with Crippen LogP contribution in [0.4, 0.5) is 0 Å². The molecule has 1 rings (SSSR count). The predicted octanol–water partition coefficient (Wildman–Crippen LogP) is 1.14. The Kier molecular flexibility index (Phi) is 5.32. The van der Waals surface area contributed by atoms with Gasteiger partial charge in [0, 0.05) is 0 Å². The number of hydrogen-bond acceptors (Lipinski definition) is 3. The minimum absolute atomic E-state index is 0.358. The molecule has 0 fully saturated rings. The highest BCUT2D eigenvalue weighted by atomic mass is 16.4. The summed E-state index contributed by atoms with van der Waals surface area (Å²) in [6, 6.07) is 7.77. The fourth-order valence-electron chi connectivity index (χ4n) is 1.61. The Labute approximate surface area is 105 Å². The largest absolute Gasteiger partial charge is 0.480 e. The molecule has 5 nitrogen and oxygen atoms in total. The van der Waals surface area contributed by atoms with Gasteiger partial charge in [0.25, 0.3) is 0 Å². The molecule has 1 unspecified atom stereocenters. The summed E-state index contributed by atoms with van der Waals surface area (Å²) in [5, 5.41) is 20.4. The Balaban J connectivity index is 2.53. The van der Waals surface area contributed by atoms with Crippen LogP contribution in [0.5, 0.6) is 0 Å². The van der Waals surface area contributed by atoms with Gasteiger partial charge in [0.2, 0.25) is 0 Å². The van der Waals surface area contributed by atoms with E-state index >= 15 is 0 Å². The standard InChI is InChI=1S/C13H17NO4/c1-9(12(15)16)14-11(13(17)18)8-7-10-5-3-2-4-6-10/h2-6,9,11,14H,7-8H2,1H3,(H,15,16)(H,17,18)/t9-,11?/m0/s1. The van der Waals surface area contributed by atoms with E-state index in [-0.39, 0.29) is 0 Å². The van der Waals surface area contributed by atoms with E-state index in [2.05, 4.69) is 5.32 Å². The maximum atomic E-state index is 11.0. The molecule has 0 radical (unpaired) electrons. The van der Waals surface area contributed by atoms with Gasteiger partial charge < -0.3 is 10.2 Å². The average molecular weight is 251 g/mol. The molecule has 0 saturated carbocycles. The van der Waals surface area contributed by atoms with Gasteiger partial charge in [-0.25, -0.2) is 0 Å². The van der Waals surface area contributed by atoms with Crippen molar-refractivity contribution in [3.63, 3.8) is 0 Å². The van der Waals surface area contributed by atoms with Gasteiger partial charge in [-0.2, -0.15) is 0 Å². The Morgan fingerprint density at radius 3 is 2.28 bits per heavy atom. The molecule has 0 aromatic heterocycles. The number of carbonyl (C=O) groups is 2. The first-order valence-corrected chi connectivity index (χ1v) is 5.76. The molecule has 0 aliphatic carbocycles. The van der Waals surface area contributed by atoms with Crippen molar-refractivity contribution in [1.29, 1.82) is 0 Å². The van der Waals surface area contributed by atoms with E-state index in [0.717, 1.165) is 5.56 Å². The minimum Gasteiger partial charge on any atom is -0.480 e. The number of carboxylic acids is 2. The number of aliphatic carboxylic acids is 2. The molecular weight excluding hydrogens is 234 g/mol. The van der Waals surface area contributed by atoms with E-state index in [1.54, 1.807) is 0 Å². The molecule has 0 heterocycles. The highest BCUT2D eigenvalue weighted by molar-refractivity contribution is 5.77. The van der Waals surface area contributed by atoms with Crippen molar-refractivity contribution in [3.05, 3.63) is 35.9 Å². The number of rotatable bonds is 7. The summed E-state index contributed by atoms with van der Waals surface area (Å²) >= 11 is 0. The number of aryl methyl sites for hydroxylation is 1. The van der Waals surface area contributed by atoms with Crippen LogP contribution < -0.4 is 5.32 Å². The minimum atomic E-state index is -1.05. The summed E-state index contributed by atoms with van der Waals surface area (Å²) in [6.07, 6.45) is 0.952. The Hall–Kier alpha value is -1.88. The molecule has 0 aliphatic heterocycles. The zero-order valence-corrected chi connectivity index (χ0v) is 10.2. The second kappa shape index (κ2) is 6.76. The van der Waals surface area contributed by atoms with Gasteiger partial charge in [-0.3, -0.25) is 14.9 Å². The van der Waals surface area contributed by atoms with Crippen molar-refractivity contribution in [2.75, 3.05) is 0 Å².